The molecule has 0 bridgehead atoms. The van der Waals surface area contributed by atoms with E-state index in [2.05, 4.69) is 0 Å². The minimum Gasteiger partial charge on any atom is -0.512 e. The Morgan fingerprint density at radius 1 is 1.54 bits per heavy atom. The number of aliphatic hydroxyl groups is 1. The molecule has 0 fully saturated rings. The second-order valence-corrected chi connectivity index (χ2v) is 3.89. The van der Waals surface area contributed by atoms with Crippen LogP contribution in [0, 0.1) is 5.92 Å². The van der Waals surface area contributed by atoms with E-state index < -0.39 is 0 Å². The molecule has 2 aliphatic carbocycles. The molecule has 1 N–H and O–H groups in total. The van der Waals surface area contributed by atoms with Gasteiger partial charge in [0, 0.05) is 12.0 Å². The van der Waals surface area contributed by atoms with Gasteiger partial charge in [-0.2, -0.15) is 0 Å². The maximum absolute atomic E-state index is 11.7. The van der Waals surface area contributed by atoms with Crippen molar-refractivity contribution in [2.45, 2.75) is 32.6 Å². The van der Waals surface area contributed by atoms with Crippen LogP contribution in [0.4, 0.5) is 0 Å². The summed E-state index contributed by atoms with van der Waals surface area (Å²) in [4.78, 5) is 11.7. The summed E-state index contributed by atoms with van der Waals surface area (Å²) in [5, 5.41) is 9.52. The minimum absolute atomic E-state index is 0.0634. The smallest absolute Gasteiger partial charge is 0.188 e. The lowest BCUT2D eigenvalue weighted by Crippen LogP contribution is -2.23. The maximum atomic E-state index is 11.7. The Morgan fingerprint density at radius 3 is 3.08 bits per heavy atom. The molecule has 0 aromatic rings. The lowest BCUT2D eigenvalue weighted by Gasteiger charge is -2.27. The number of aliphatic hydroxyl groups excluding tert-OH is 1. The summed E-state index contributed by atoms with van der Waals surface area (Å²) >= 11 is 0. The van der Waals surface area contributed by atoms with Crippen molar-refractivity contribution in [1.29, 1.82) is 0 Å². The molecule has 0 radical (unpaired) electrons. The fraction of sp³-hybridized carbons (Fsp3) is 0.545. The van der Waals surface area contributed by atoms with Crippen molar-refractivity contribution < 1.29 is 9.90 Å². The molecule has 0 spiro atoms. The molecule has 2 heteroatoms. The minimum atomic E-state index is 0.0634. The van der Waals surface area contributed by atoms with Gasteiger partial charge in [0.05, 0.1) is 5.76 Å². The molecule has 2 nitrogen and oxygen atoms in total. The molecular weight excluding hydrogens is 164 g/mol. The van der Waals surface area contributed by atoms with E-state index in [1.54, 1.807) is 6.92 Å². The van der Waals surface area contributed by atoms with Gasteiger partial charge in [-0.15, -0.1) is 0 Å². The molecule has 0 aliphatic heterocycles. The van der Waals surface area contributed by atoms with E-state index in [0.717, 1.165) is 24.8 Å². The zero-order valence-corrected chi connectivity index (χ0v) is 7.84. The van der Waals surface area contributed by atoms with E-state index in [9.17, 15) is 9.90 Å². The highest BCUT2D eigenvalue weighted by Gasteiger charge is 2.30. The van der Waals surface area contributed by atoms with E-state index in [4.69, 9.17) is 0 Å². The molecule has 0 saturated heterocycles. The number of hydrogen-bond donors (Lipinski definition) is 1. The van der Waals surface area contributed by atoms with Crippen LogP contribution >= 0.6 is 0 Å². The molecule has 2 aliphatic rings. The van der Waals surface area contributed by atoms with Gasteiger partial charge in [0.15, 0.2) is 5.78 Å². The quantitative estimate of drug-likeness (QED) is 0.618. The lowest BCUT2D eigenvalue weighted by molar-refractivity contribution is -0.113. The Balaban J connectivity index is 2.39. The summed E-state index contributed by atoms with van der Waals surface area (Å²) in [5.41, 5.74) is 1.49. The van der Waals surface area contributed by atoms with Crippen molar-refractivity contribution in [1.82, 2.24) is 0 Å². The second-order valence-electron chi connectivity index (χ2n) is 3.89. The molecule has 0 saturated carbocycles. The van der Waals surface area contributed by atoms with Crippen molar-refractivity contribution in [3.63, 3.8) is 0 Å². The van der Waals surface area contributed by atoms with Crippen molar-refractivity contribution in [2.24, 2.45) is 5.92 Å². The van der Waals surface area contributed by atoms with Crippen LogP contribution in [0.3, 0.4) is 0 Å². The number of allylic oxidation sites excluding steroid dienone is 4. The first-order valence-electron chi connectivity index (χ1n) is 4.83. The van der Waals surface area contributed by atoms with Gasteiger partial charge in [-0.1, -0.05) is 6.08 Å². The topological polar surface area (TPSA) is 37.3 Å². The Labute approximate surface area is 78.0 Å². The summed E-state index contributed by atoms with van der Waals surface area (Å²) in [6.07, 6.45) is 5.93. The highest BCUT2D eigenvalue weighted by Crippen LogP contribution is 2.36. The SMILES string of the molecule is CC1=C(O)CC2CCCC=C2C1=O. The zero-order chi connectivity index (χ0) is 9.42. The highest BCUT2D eigenvalue weighted by molar-refractivity contribution is 6.09. The standard InChI is InChI=1S/C11H14O2/c1-7-10(12)6-8-4-2-3-5-9(8)11(7)13/h5,8,12H,2-4,6H2,1H3. The van der Waals surface area contributed by atoms with Crippen LogP contribution in [0.2, 0.25) is 0 Å². The second kappa shape index (κ2) is 3.02. The van der Waals surface area contributed by atoms with E-state index in [1.165, 1.54) is 0 Å². The molecule has 1 atom stereocenters. The van der Waals surface area contributed by atoms with Crippen LogP contribution < -0.4 is 0 Å². The number of ketones is 1. The maximum Gasteiger partial charge on any atom is 0.188 e. The van der Waals surface area contributed by atoms with Crippen LogP contribution in [0.5, 0.6) is 0 Å². The Kier molecular flexibility index (Phi) is 1.98. The molecule has 13 heavy (non-hydrogen) atoms. The Bertz CT molecular complexity index is 310. The number of carbonyl (C=O) groups excluding carboxylic acids is 1. The van der Waals surface area contributed by atoms with E-state index in [0.29, 0.717) is 23.7 Å². The molecule has 0 amide bonds. The Morgan fingerprint density at radius 2 is 2.31 bits per heavy atom. The third-order valence-corrected chi connectivity index (χ3v) is 3.04. The van der Waals surface area contributed by atoms with Crippen molar-refractivity contribution in [3.05, 3.63) is 23.0 Å². The first kappa shape index (κ1) is 8.54. The summed E-state index contributed by atoms with van der Waals surface area (Å²) < 4.78 is 0. The third-order valence-electron chi connectivity index (χ3n) is 3.04. The summed E-state index contributed by atoms with van der Waals surface area (Å²) in [6, 6.07) is 0. The first-order chi connectivity index (χ1) is 6.20. The predicted octanol–water partition coefficient (Wildman–Crippen LogP) is 2.52. The van der Waals surface area contributed by atoms with E-state index in [1.807, 2.05) is 6.08 Å². The lowest BCUT2D eigenvalue weighted by atomic mass is 9.77. The number of hydrogen-bond acceptors (Lipinski definition) is 2. The van der Waals surface area contributed by atoms with Crippen LogP contribution in [-0.2, 0) is 4.79 Å². The number of carbonyl (C=O) groups is 1. The molecular formula is C11H14O2. The number of rotatable bonds is 0. The fourth-order valence-electron chi connectivity index (χ4n) is 2.17. The molecule has 0 aromatic heterocycles. The fourth-order valence-corrected chi connectivity index (χ4v) is 2.17. The van der Waals surface area contributed by atoms with Crippen molar-refractivity contribution in [3.8, 4) is 0 Å². The average Bonchev–Trinajstić information content (AvgIpc) is 2.15. The molecule has 2 rings (SSSR count). The van der Waals surface area contributed by atoms with Gasteiger partial charge >= 0.3 is 0 Å². The molecule has 1 unspecified atom stereocenters. The molecule has 0 aromatic carbocycles. The van der Waals surface area contributed by atoms with E-state index in [-0.39, 0.29) is 5.78 Å². The van der Waals surface area contributed by atoms with Gasteiger partial charge in [-0.3, -0.25) is 4.79 Å². The van der Waals surface area contributed by atoms with Gasteiger partial charge in [-0.05, 0) is 37.7 Å². The molecule has 0 heterocycles. The summed E-state index contributed by atoms with van der Waals surface area (Å²) in [6.45, 7) is 1.71. The van der Waals surface area contributed by atoms with Gasteiger partial charge in [0.25, 0.3) is 0 Å². The summed E-state index contributed by atoms with van der Waals surface area (Å²) in [7, 11) is 0. The monoisotopic (exact) mass is 178 g/mol. The van der Waals surface area contributed by atoms with Crippen molar-refractivity contribution in [2.75, 3.05) is 0 Å². The average molecular weight is 178 g/mol. The zero-order valence-electron chi connectivity index (χ0n) is 7.84. The largest absolute Gasteiger partial charge is 0.512 e. The Hall–Kier alpha value is -1.05. The normalized spacial score (nSPS) is 28.5. The molecule has 70 valence electrons. The van der Waals surface area contributed by atoms with Crippen LogP contribution in [0.1, 0.15) is 32.6 Å². The van der Waals surface area contributed by atoms with Crippen LogP contribution in [0.15, 0.2) is 23.0 Å². The van der Waals surface area contributed by atoms with Gasteiger partial charge in [0.2, 0.25) is 0 Å². The first-order valence-corrected chi connectivity index (χ1v) is 4.83. The highest BCUT2D eigenvalue weighted by atomic mass is 16.3. The number of fused-ring (bicyclic) bond motifs is 1. The van der Waals surface area contributed by atoms with Gasteiger partial charge in [0.1, 0.15) is 0 Å². The van der Waals surface area contributed by atoms with Crippen LogP contribution in [0.25, 0.3) is 0 Å². The number of Topliss-reactive ketones (excluding diaryl/α,β-unsaturated/α-hetero) is 1. The van der Waals surface area contributed by atoms with Gasteiger partial charge < -0.3 is 5.11 Å². The van der Waals surface area contributed by atoms with Crippen LogP contribution in [-0.4, -0.2) is 10.9 Å². The summed E-state index contributed by atoms with van der Waals surface area (Å²) in [5.74, 6) is 0.660. The van der Waals surface area contributed by atoms with E-state index >= 15 is 0 Å². The third kappa shape index (κ3) is 1.30. The van der Waals surface area contributed by atoms with Crippen molar-refractivity contribution >= 4 is 5.78 Å². The predicted molar refractivity (Wildman–Crippen MR) is 50.4 cm³/mol. The van der Waals surface area contributed by atoms with Gasteiger partial charge in [-0.25, -0.2) is 0 Å².